The maximum atomic E-state index is 12.4. The van der Waals surface area contributed by atoms with Crippen molar-refractivity contribution in [1.82, 2.24) is 5.32 Å². The van der Waals surface area contributed by atoms with Gasteiger partial charge >= 0.3 is 5.97 Å². The number of hydrogen-bond acceptors (Lipinski definition) is 9. The van der Waals surface area contributed by atoms with Gasteiger partial charge in [0.2, 0.25) is 11.8 Å². The molecule has 2 aromatic carbocycles. The molecular weight excluding hydrogens is 460 g/mol. The molecule has 1 fully saturated rings. The second-order valence-corrected chi connectivity index (χ2v) is 8.10. The van der Waals surface area contributed by atoms with Crippen LogP contribution in [-0.4, -0.2) is 55.2 Å². The molecule has 0 aromatic heterocycles. The molecule has 178 valence electrons. The molecule has 1 heterocycles. The first-order valence-corrected chi connectivity index (χ1v) is 11.2. The Morgan fingerprint density at radius 2 is 1.85 bits per heavy atom. The molecule has 0 saturated carbocycles. The van der Waals surface area contributed by atoms with Crippen LogP contribution in [0.25, 0.3) is 0 Å². The van der Waals surface area contributed by atoms with E-state index in [1.54, 1.807) is 63.6 Å². The molecular formula is C23H24N4O6S. The maximum Gasteiger partial charge on any atom is 0.338 e. The number of hydrogen-bond donors (Lipinski definition) is 2. The van der Waals surface area contributed by atoms with Gasteiger partial charge in [0.05, 0.1) is 32.6 Å². The number of amides is 2. The average Bonchev–Trinajstić information content (AvgIpc) is 3.18. The Morgan fingerprint density at radius 3 is 2.53 bits per heavy atom. The molecule has 3 rings (SSSR count). The summed E-state index contributed by atoms with van der Waals surface area (Å²) in [7, 11) is 3.09. The van der Waals surface area contributed by atoms with Crippen molar-refractivity contribution in [3.63, 3.8) is 0 Å². The lowest BCUT2D eigenvalue weighted by atomic mass is 10.2. The molecule has 1 atom stereocenters. The number of carbonyl (C=O) groups excluding carboxylic acids is 3. The van der Waals surface area contributed by atoms with E-state index in [2.05, 4.69) is 20.8 Å². The number of anilines is 1. The third-order valence-corrected chi connectivity index (χ3v) is 5.66. The Bertz CT molecular complexity index is 1120. The average molecular weight is 485 g/mol. The van der Waals surface area contributed by atoms with Gasteiger partial charge in [0, 0.05) is 12.1 Å². The van der Waals surface area contributed by atoms with Crippen molar-refractivity contribution < 1.29 is 28.6 Å². The number of thioether (sulfide) groups is 1. The normalized spacial score (nSPS) is 16.4. The first-order valence-electron chi connectivity index (χ1n) is 10.3. The fourth-order valence-electron chi connectivity index (χ4n) is 2.95. The zero-order valence-electron chi connectivity index (χ0n) is 18.9. The summed E-state index contributed by atoms with van der Waals surface area (Å²) in [6, 6.07) is 11.6. The molecule has 1 saturated heterocycles. The molecule has 0 radical (unpaired) electrons. The molecule has 0 aliphatic carbocycles. The topological polar surface area (TPSA) is 128 Å². The number of nitrogens with zero attached hydrogens (tertiary/aromatic N) is 2. The third-order valence-electron chi connectivity index (χ3n) is 4.59. The van der Waals surface area contributed by atoms with Crippen LogP contribution >= 0.6 is 11.8 Å². The molecule has 2 N–H and O–H groups in total. The van der Waals surface area contributed by atoms with Crippen LogP contribution in [0.4, 0.5) is 5.69 Å². The lowest BCUT2D eigenvalue weighted by Gasteiger charge is -2.08. The number of benzene rings is 2. The predicted molar refractivity (Wildman–Crippen MR) is 130 cm³/mol. The summed E-state index contributed by atoms with van der Waals surface area (Å²) in [6.45, 7) is 2.01. The first kappa shape index (κ1) is 24.8. The number of amidine groups is 1. The summed E-state index contributed by atoms with van der Waals surface area (Å²) in [4.78, 5) is 36.3. The van der Waals surface area contributed by atoms with Gasteiger partial charge < -0.3 is 24.8 Å². The van der Waals surface area contributed by atoms with Crippen LogP contribution < -0.4 is 20.1 Å². The Hall–Kier alpha value is -3.86. The second kappa shape index (κ2) is 11.8. The second-order valence-electron chi connectivity index (χ2n) is 6.91. The molecule has 1 aliphatic heterocycles. The van der Waals surface area contributed by atoms with Gasteiger partial charge in [0.25, 0.3) is 0 Å². The Labute approximate surface area is 200 Å². The van der Waals surface area contributed by atoms with Crippen LogP contribution in [0.1, 0.15) is 29.3 Å². The third kappa shape index (κ3) is 6.58. The number of rotatable bonds is 9. The van der Waals surface area contributed by atoms with Crippen LogP contribution in [0, 0.1) is 0 Å². The summed E-state index contributed by atoms with van der Waals surface area (Å²) in [5, 5.41) is 13.0. The number of methoxy groups -OCH3 is 2. The highest BCUT2D eigenvalue weighted by molar-refractivity contribution is 8.15. The van der Waals surface area contributed by atoms with Crippen LogP contribution in [0.5, 0.6) is 11.5 Å². The van der Waals surface area contributed by atoms with E-state index in [4.69, 9.17) is 14.2 Å². The molecule has 0 spiro atoms. The molecule has 1 unspecified atom stereocenters. The fraction of sp³-hybridized carbons (Fsp3) is 0.261. The Morgan fingerprint density at radius 1 is 1.12 bits per heavy atom. The summed E-state index contributed by atoms with van der Waals surface area (Å²) in [5.74, 6) is 0.0642. The van der Waals surface area contributed by atoms with Gasteiger partial charge in [-0.2, -0.15) is 5.10 Å². The Balaban J connectivity index is 1.54. The van der Waals surface area contributed by atoms with E-state index in [9.17, 15) is 14.4 Å². The zero-order chi connectivity index (χ0) is 24.5. The minimum Gasteiger partial charge on any atom is -0.493 e. The van der Waals surface area contributed by atoms with Crippen molar-refractivity contribution in [2.24, 2.45) is 10.2 Å². The fourth-order valence-corrected chi connectivity index (χ4v) is 3.88. The van der Waals surface area contributed by atoms with E-state index in [-0.39, 0.29) is 24.8 Å². The smallest absolute Gasteiger partial charge is 0.338 e. The lowest BCUT2D eigenvalue weighted by molar-refractivity contribution is -0.122. The number of esters is 1. The number of carbonyl (C=O) groups is 3. The maximum absolute atomic E-state index is 12.4. The Kier molecular flexibility index (Phi) is 8.63. The lowest BCUT2D eigenvalue weighted by Crippen LogP contribution is -2.28. The van der Waals surface area contributed by atoms with Crippen LogP contribution in [-0.2, 0) is 14.3 Å². The first-order chi connectivity index (χ1) is 16.4. The summed E-state index contributed by atoms with van der Waals surface area (Å²) >= 11 is 1.13. The summed E-state index contributed by atoms with van der Waals surface area (Å²) < 4.78 is 15.4. The van der Waals surface area contributed by atoms with E-state index >= 15 is 0 Å². The molecule has 2 amide bonds. The molecule has 10 nitrogen and oxygen atoms in total. The van der Waals surface area contributed by atoms with Crippen molar-refractivity contribution in [1.29, 1.82) is 0 Å². The molecule has 2 aromatic rings. The van der Waals surface area contributed by atoms with E-state index in [0.717, 1.165) is 17.3 Å². The van der Waals surface area contributed by atoms with Crippen molar-refractivity contribution in [3.8, 4) is 11.5 Å². The quantitative estimate of drug-likeness (QED) is 0.318. The highest BCUT2D eigenvalue weighted by Gasteiger charge is 2.32. The zero-order valence-corrected chi connectivity index (χ0v) is 19.7. The number of ether oxygens (including phenoxy) is 3. The summed E-state index contributed by atoms with van der Waals surface area (Å²) in [5.41, 5.74) is 1.64. The molecule has 11 heteroatoms. The molecule has 34 heavy (non-hydrogen) atoms. The van der Waals surface area contributed by atoms with Gasteiger partial charge in [-0.3, -0.25) is 9.59 Å². The summed E-state index contributed by atoms with van der Waals surface area (Å²) in [6.07, 6.45) is 1.47. The van der Waals surface area contributed by atoms with Gasteiger partial charge in [-0.05, 0) is 55.0 Å². The monoisotopic (exact) mass is 484 g/mol. The largest absolute Gasteiger partial charge is 0.493 e. The van der Waals surface area contributed by atoms with Crippen LogP contribution in [0.3, 0.4) is 0 Å². The van der Waals surface area contributed by atoms with E-state index < -0.39 is 11.2 Å². The van der Waals surface area contributed by atoms with Crippen LogP contribution in [0.15, 0.2) is 52.7 Å². The van der Waals surface area contributed by atoms with Gasteiger partial charge in [0.1, 0.15) is 5.25 Å². The van der Waals surface area contributed by atoms with E-state index in [1.807, 2.05) is 0 Å². The van der Waals surface area contributed by atoms with E-state index in [0.29, 0.717) is 27.9 Å². The standard InChI is InChI=1S/C23H24N4O6S/c1-4-33-22(30)15-6-8-16(9-7-15)25-20(28)12-19-21(29)26-23(34-19)27-24-13-14-5-10-17(31-2)18(11-14)32-3/h5-11,13,19H,4,12H2,1-3H3,(H,25,28)(H,26,27,29)/b24-13+. The van der Waals surface area contributed by atoms with Gasteiger partial charge in [-0.15, -0.1) is 5.10 Å². The minimum atomic E-state index is -0.631. The highest BCUT2D eigenvalue weighted by Crippen LogP contribution is 2.27. The van der Waals surface area contributed by atoms with Gasteiger partial charge in [-0.25, -0.2) is 4.79 Å². The highest BCUT2D eigenvalue weighted by atomic mass is 32.2. The van der Waals surface area contributed by atoms with Gasteiger partial charge in [0.15, 0.2) is 16.7 Å². The van der Waals surface area contributed by atoms with Crippen molar-refractivity contribution >= 4 is 46.6 Å². The molecule has 0 bridgehead atoms. The van der Waals surface area contributed by atoms with E-state index in [1.165, 1.54) is 6.21 Å². The minimum absolute atomic E-state index is 0.0471. The van der Waals surface area contributed by atoms with Crippen molar-refractivity contribution in [2.75, 3.05) is 26.1 Å². The van der Waals surface area contributed by atoms with Crippen molar-refractivity contribution in [3.05, 3.63) is 53.6 Å². The van der Waals surface area contributed by atoms with Crippen molar-refractivity contribution in [2.45, 2.75) is 18.6 Å². The molecule has 1 aliphatic rings. The van der Waals surface area contributed by atoms with Crippen LogP contribution in [0.2, 0.25) is 0 Å². The SMILES string of the molecule is CCOC(=O)c1ccc(NC(=O)CC2S/C(=N/N=C/c3ccc(OC)c(OC)c3)NC2=O)cc1. The van der Waals surface area contributed by atoms with Gasteiger partial charge in [-0.1, -0.05) is 11.8 Å². The predicted octanol–water partition coefficient (Wildman–Crippen LogP) is 2.83. The number of nitrogens with one attached hydrogen (secondary N) is 2.